The molecule has 0 aliphatic rings. The second kappa shape index (κ2) is 4.78. The molecule has 0 unspecified atom stereocenters. The predicted octanol–water partition coefficient (Wildman–Crippen LogP) is 0.403. The van der Waals surface area contributed by atoms with Gasteiger partial charge < -0.3 is 10.6 Å². The van der Waals surface area contributed by atoms with Gasteiger partial charge in [0.1, 0.15) is 0 Å². The maximum Gasteiger partial charge on any atom is 0.314 e. The number of nitrogens with zero attached hydrogens (tertiary/aromatic N) is 1. The SMILES string of the molecule is CC(C)N(C)C(N)=O.[Pd]. The van der Waals surface area contributed by atoms with Gasteiger partial charge in [0.15, 0.2) is 0 Å². The molecule has 0 aliphatic carbocycles. The van der Waals surface area contributed by atoms with Crippen molar-refractivity contribution in [1.82, 2.24) is 4.90 Å². The van der Waals surface area contributed by atoms with E-state index in [1.54, 1.807) is 7.05 Å². The Kier molecular flexibility index (Phi) is 6.21. The molecule has 0 heterocycles. The third kappa shape index (κ3) is 4.44. The zero-order valence-corrected chi connectivity index (χ0v) is 7.38. The standard InChI is InChI=1S/C5H12N2O.Pd/c1-4(2)7(3)5(6)8;/h4H,1-3H3,(H2,6,8);. The molecule has 0 aromatic carbocycles. The summed E-state index contributed by atoms with van der Waals surface area (Å²) in [5.41, 5.74) is 4.92. The van der Waals surface area contributed by atoms with Crippen molar-refractivity contribution in [1.29, 1.82) is 0 Å². The molecule has 0 saturated carbocycles. The Bertz CT molecular complexity index is 95.0. The first kappa shape index (κ1) is 11.7. The first-order chi connectivity index (χ1) is 3.55. The molecule has 2 N–H and O–H groups in total. The fraction of sp³-hybridized carbons (Fsp3) is 0.800. The molecular weight excluding hydrogens is 210 g/mol. The number of carbonyl (C=O) groups excluding carboxylic acids is 1. The number of amides is 2. The van der Waals surface area contributed by atoms with Crippen molar-refractivity contribution in [3.63, 3.8) is 0 Å². The van der Waals surface area contributed by atoms with Crippen LogP contribution in [-0.4, -0.2) is 24.0 Å². The monoisotopic (exact) mass is 222 g/mol. The second-order valence-electron chi connectivity index (χ2n) is 2.04. The van der Waals surface area contributed by atoms with Gasteiger partial charge in [-0.1, -0.05) is 0 Å². The van der Waals surface area contributed by atoms with Crippen LogP contribution in [0.5, 0.6) is 0 Å². The van der Waals surface area contributed by atoms with Crippen molar-refractivity contribution < 1.29 is 25.2 Å². The van der Waals surface area contributed by atoms with E-state index in [1.165, 1.54) is 4.90 Å². The molecule has 0 saturated heterocycles. The number of nitrogens with two attached hydrogens (primary N) is 1. The first-order valence-corrected chi connectivity index (χ1v) is 2.58. The third-order valence-electron chi connectivity index (χ3n) is 1.12. The second-order valence-corrected chi connectivity index (χ2v) is 2.04. The van der Waals surface area contributed by atoms with Gasteiger partial charge in [0.25, 0.3) is 0 Å². The number of hydrogen-bond donors (Lipinski definition) is 1. The number of hydrogen-bond acceptors (Lipinski definition) is 1. The van der Waals surface area contributed by atoms with Gasteiger partial charge in [-0.05, 0) is 13.8 Å². The molecule has 0 fully saturated rings. The molecular formula is C5H12N2OPd. The Hall–Kier alpha value is -0.0677. The molecule has 58 valence electrons. The van der Waals surface area contributed by atoms with Crippen LogP contribution in [0.4, 0.5) is 4.79 Å². The van der Waals surface area contributed by atoms with Gasteiger partial charge in [0.05, 0.1) is 0 Å². The molecule has 0 atom stereocenters. The number of carbonyl (C=O) groups is 1. The van der Waals surface area contributed by atoms with Crippen LogP contribution in [0.2, 0.25) is 0 Å². The summed E-state index contributed by atoms with van der Waals surface area (Å²) in [5, 5.41) is 0. The molecule has 3 nitrogen and oxygen atoms in total. The van der Waals surface area contributed by atoms with Gasteiger partial charge in [0, 0.05) is 33.5 Å². The van der Waals surface area contributed by atoms with E-state index in [0.717, 1.165) is 0 Å². The van der Waals surface area contributed by atoms with Crippen LogP contribution in [0.15, 0.2) is 0 Å². The summed E-state index contributed by atoms with van der Waals surface area (Å²) in [7, 11) is 1.67. The molecule has 0 aromatic rings. The first-order valence-electron chi connectivity index (χ1n) is 2.58. The smallest absolute Gasteiger partial charge is 0.314 e. The van der Waals surface area contributed by atoms with E-state index in [4.69, 9.17) is 5.73 Å². The van der Waals surface area contributed by atoms with Crippen LogP contribution in [0.3, 0.4) is 0 Å². The summed E-state index contributed by atoms with van der Waals surface area (Å²) >= 11 is 0. The van der Waals surface area contributed by atoms with Crippen molar-refractivity contribution in [3.8, 4) is 0 Å². The third-order valence-corrected chi connectivity index (χ3v) is 1.12. The number of urea groups is 1. The summed E-state index contributed by atoms with van der Waals surface area (Å²) in [5.74, 6) is 0. The summed E-state index contributed by atoms with van der Waals surface area (Å²) < 4.78 is 0. The molecule has 0 rings (SSSR count). The van der Waals surface area contributed by atoms with Gasteiger partial charge in [-0.3, -0.25) is 0 Å². The molecule has 0 spiro atoms. The topological polar surface area (TPSA) is 46.3 Å². The van der Waals surface area contributed by atoms with Gasteiger partial charge >= 0.3 is 6.03 Å². The maximum absolute atomic E-state index is 10.3. The molecule has 0 aromatic heterocycles. The van der Waals surface area contributed by atoms with Gasteiger partial charge in [-0.15, -0.1) is 0 Å². The molecule has 0 aliphatic heterocycles. The van der Waals surface area contributed by atoms with Crippen molar-refractivity contribution in [2.75, 3.05) is 7.05 Å². The van der Waals surface area contributed by atoms with Crippen molar-refractivity contribution in [3.05, 3.63) is 0 Å². The van der Waals surface area contributed by atoms with Crippen LogP contribution in [0.1, 0.15) is 13.8 Å². The number of rotatable bonds is 1. The summed E-state index contributed by atoms with van der Waals surface area (Å²) in [4.78, 5) is 11.8. The van der Waals surface area contributed by atoms with E-state index in [9.17, 15) is 4.79 Å². The normalized spacial score (nSPS) is 8.44. The van der Waals surface area contributed by atoms with Crippen LogP contribution in [0, 0.1) is 0 Å². The average molecular weight is 223 g/mol. The van der Waals surface area contributed by atoms with E-state index in [2.05, 4.69) is 0 Å². The largest absolute Gasteiger partial charge is 0.351 e. The summed E-state index contributed by atoms with van der Waals surface area (Å²) in [6, 6.07) is -0.174. The molecule has 0 bridgehead atoms. The van der Waals surface area contributed by atoms with Crippen molar-refractivity contribution in [2.24, 2.45) is 5.73 Å². The Morgan fingerprint density at radius 2 is 1.89 bits per heavy atom. The molecule has 9 heavy (non-hydrogen) atoms. The van der Waals surface area contributed by atoms with Crippen LogP contribution in [0.25, 0.3) is 0 Å². The van der Waals surface area contributed by atoms with Gasteiger partial charge in [-0.2, -0.15) is 0 Å². The van der Waals surface area contributed by atoms with Crippen LogP contribution < -0.4 is 5.73 Å². The van der Waals surface area contributed by atoms with E-state index in [0.29, 0.717) is 0 Å². The Morgan fingerprint density at radius 1 is 1.56 bits per heavy atom. The van der Waals surface area contributed by atoms with Gasteiger partial charge in [-0.25, -0.2) is 4.79 Å². The zero-order chi connectivity index (χ0) is 6.73. The van der Waals surface area contributed by atoms with E-state index in [1.807, 2.05) is 13.8 Å². The van der Waals surface area contributed by atoms with Crippen LogP contribution >= 0.6 is 0 Å². The quantitative estimate of drug-likeness (QED) is 0.642. The fourth-order valence-electron chi connectivity index (χ4n) is 0.254. The molecule has 0 radical (unpaired) electrons. The van der Waals surface area contributed by atoms with E-state index in [-0.39, 0.29) is 32.5 Å². The molecule has 2 amide bonds. The van der Waals surface area contributed by atoms with E-state index >= 15 is 0 Å². The molecule has 4 heteroatoms. The summed E-state index contributed by atoms with van der Waals surface area (Å²) in [6.07, 6.45) is 0. The fourth-order valence-corrected chi connectivity index (χ4v) is 0.254. The minimum atomic E-state index is -0.375. The van der Waals surface area contributed by atoms with Gasteiger partial charge in [0.2, 0.25) is 0 Å². The van der Waals surface area contributed by atoms with Crippen LogP contribution in [-0.2, 0) is 20.4 Å². The Balaban J connectivity index is 0. The Morgan fingerprint density at radius 3 is 1.89 bits per heavy atom. The zero-order valence-electron chi connectivity index (χ0n) is 5.83. The average Bonchev–Trinajstić information content (AvgIpc) is 1.64. The number of primary amides is 1. The summed E-state index contributed by atoms with van der Waals surface area (Å²) in [6.45, 7) is 3.82. The minimum absolute atomic E-state index is 0. The van der Waals surface area contributed by atoms with Crippen molar-refractivity contribution >= 4 is 6.03 Å². The maximum atomic E-state index is 10.3. The van der Waals surface area contributed by atoms with E-state index < -0.39 is 0 Å². The minimum Gasteiger partial charge on any atom is -0.351 e. The Labute approximate surface area is 69.2 Å². The van der Waals surface area contributed by atoms with Crippen molar-refractivity contribution in [2.45, 2.75) is 19.9 Å². The predicted molar refractivity (Wildman–Crippen MR) is 32.5 cm³/mol.